The predicted octanol–water partition coefficient (Wildman–Crippen LogP) is 1.62. The van der Waals surface area contributed by atoms with Crippen LogP contribution in [-0.2, 0) is 7.05 Å². The van der Waals surface area contributed by atoms with Gasteiger partial charge in [0.1, 0.15) is 5.82 Å². The van der Waals surface area contributed by atoms with Gasteiger partial charge in [-0.05, 0) is 32.9 Å². The maximum atomic E-state index is 4.57. The highest BCUT2D eigenvalue weighted by Crippen LogP contribution is 2.23. The Morgan fingerprint density at radius 1 is 1.43 bits per heavy atom. The van der Waals surface area contributed by atoms with Crippen molar-refractivity contribution < 1.29 is 0 Å². The minimum atomic E-state index is 0. The first-order valence-electron chi connectivity index (χ1n) is 4.98. The van der Waals surface area contributed by atoms with E-state index >= 15 is 0 Å². The van der Waals surface area contributed by atoms with Crippen molar-refractivity contribution in [1.29, 1.82) is 0 Å². The quantitative estimate of drug-likeness (QED) is 0.772. The second-order valence-electron chi connectivity index (χ2n) is 3.85. The summed E-state index contributed by atoms with van der Waals surface area (Å²) in [4.78, 5) is 4.57. The molecule has 0 spiro atoms. The van der Waals surface area contributed by atoms with Crippen LogP contribution in [0.2, 0.25) is 0 Å². The Bertz CT molecular complexity index is 270. The Hall–Kier alpha value is -0.540. The molecule has 0 amide bonds. The smallest absolute Gasteiger partial charge is 0.105 e. The highest BCUT2D eigenvalue weighted by molar-refractivity contribution is 5.85. The average Bonchev–Trinajstić information content (AvgIpc) is 2.49. The molecule has 1 aliphatic heterocycles. The molecule has 0 aliphatic carbocycles. The molecule has 0 radical (unpaired) electrons. The van der Waals surface area contributed by atoms with E-state index in [9.17, 15) is 0 Å². The zero-order valence-corrected chi connectivity index (χ0v) is 9.60. The molecule has 80 valence electrons. The normalized spacial score (nSPS) is 17.9. The van der Waals surface area contributed by atoms with Gasteiger partial charge in [0.05, 0.1) is 5.69 Å². The van der Waals surface area contributed by atoms with Gasteiger partial charge in [0, 0.05) is 19.2 Å². The summed E-state index contributed by atoms with van der Waals surface area (Å²) in [6.07, 6.45) is 4.64. The summed E-state index contributed by atoms with van der Waals surface area (Å²) in [5.74, 6) is 1.80. The number of halogens is 1. The maximum Gasteiger partial charge on any atom is 0.105 e. The summed E-state index contributed by atoms with van der Waals surface area (Å²) in [5.41, 5.74) is 1.28. The molecular formula is C10H18ClN3. The summed E-state index contributed by atoms with van der Waals surface area (Å²) in [5, 5.41) is 3.37. The molecule has 1 aromatic heterocycles. The Labute approximate surface area is 91.3 Å². The zero-order chi connectivity index (χ0) is 9.26. The molecule has 0 bridgehead atoms. The fourth-order valence-corrected chi connectivity index (χ4v) is 1.90. The number of imidazole rings is 1. The number of aryl methyl sites for hydroxylation is 2. The van der Waals surface area contributed by atoms with Gasteiger partial charge >= 0.3 is 0 Å². The molecular weight excluding hydrogens is 198 g/mol. The molecule has 0 saturated carbocycles. The SMILES string of the molecule is Cc1nc(C2CCNCC2)cn1C.Cl. The predicted molar refractivity (Wildman–Crippen MR) is 60.0 cm³/mol. The van der Waals surface area contributed by atoms with E-state index in [0.29, 0.717) is 5.92 Å². The first kappa shape index (κ1) is 11.5. The zero-order valence-electron chi connectivity index (χ0n) is 8.79. The van der Waals surface area contributed by atoms with Crippen LogP contribution < -0.4 is 5.32 Å². The number of hydrogen-bond acceptors (Lipinski definition) is 2. The van der Waals surface area contributed by atoms with Gasteiger partial charge in [0.2, 0.25) is 0 Å². The molecule has 1 aromatic rings. The standard InChI is InChI=1S/C10H17N3.ClH/c1-8-12-10(7-13(8)2)9-3-5-11-6-4-9;/h7,9,11H,3-6H2,1-2H3;1H. The number of nitrogens with one attached hydrogen (secondary N) is 1. The van der Waals surface area contributed by atoms with Gasteiger partial charge in [0.25, 0.3) is 0 Å². The van der Waals surface area contributed by atoms with Crippen molar-refractivity contribution in [3.05, 3.63) is 17.7 Å². The van der Waals surface area contributed by atoms with E-state index in [1.807, 2.05) is 0 Å². The van der Waals surface area contributed by atoms with Crippen molar-refractivity contribution >= 4 is 12.4 Å². The molecule has 1 saturated heterocycles. The molecule has 4 heteroatoms. The van der Waals surface area contributed by atoms with E-state index in [2.05, 4.69) is 35.0 Å². The highest BCUT2D eigenvalue weighted by atomic mass is 35.5. The third kappa shape index (κ3) is 2.28. The van der Waals surface area contributed by atoms with Crippen molar-refractivity contribution in [2.24, 2.45) is 7.05 Å². The number of nitrogens with zero attached hydrogens (tertiary/aromatic N) is 2. The van der Waals surface area contributed by atoms with Crippen LogP contribution in [0.5, 0.6) is 0 Å². The van der Waals surface area contributed by atoms with Gasteiger partial charge in [-0.25, -0.2) is 4.98 Å². The highest BCUT2D eigenvalue weighted by Gasteiger charge is 2.17. The van der Waals surface area contributed by atoms with Crippen molar-refractivity contribution in [1.82, 2.24) is 14.9 Å². The lowest BCUT2D eigenvalue weighted by molar-refractivity contribution is 0.454. The summed E-state index contributed by atoms with van der Waals surface area (Å²) in [7, 11) is 2.06. The van der Waals surface area contributed by atoms with Crippen LogP contribution in [0.25, 0.3) is 0 Å². The van der Waals surface area contributed by atoms with E-state index in [1.54, 1.807) is 0 Å². The van der Waals surface area contributed by atoms with E-state index in [4.69, 9.17) is 0 Å². The van der Waals surface area contributed by atoms with E-state index in [1.165, 1.54) is 18.5 Å². The Balaban J connectivity index is 0.000000980. The van der Waals surface area contributed by atoms with Crippen LogP contribution in [0.15, 0.2) is 6.20 Å². The van der Waals surface area contributed by atoms with Gasteiger partial charge in [-0.15, -0.1) is 12.4 Å². The molecule has 1 fully saturated rings. The molecule has 2 rings (SSSR count). The first-order chi connectivity index (χ1) is 6.27. The lowest BCUT2D eigenvalue weighted by Gasteiger charge is -2.20. The molecule has 1 N–H and O–H groups in total. The topological polar surface area (TPSA) is 29.9 Å². The van der Waals surface area contributed by atoms with Gasteiger partial charge in [-0.2, -0.15) is 0 Å². The largest absolute Gasteiger partial charge is 0.338 e. The first-order valence-corrected chi connectivity index (χ1v) is 4.98. The average molecular weight is 216 g/mol. The maximum absolute atomic E-state index is 4.57. The number of piperidine rings is 1. The summed E-state index contributed by atoms with van der Waals surface area (Å²) in [6.45, 7) is 4.34. The second kappa shape index (κ2) is 4.80. The third-order valence-corrected chi connectivity index (χ3v) is 2.88. The fourth-order valence-electron chi connectivity index (χ4n) is 1.90. The van der Waals surface area contributed by atoms with Crippen LogP contribution in [-0.4, -0.2) is 22.6 Å². The van der Waals surface area contributed by atoms with Gasteiger partial charge < -0.3 is 9.88 Å². The number of aromatic nitrogens is 2. The molecule has 1 aliphatic rings. The van der Waals surface area contributed by atoms with E-state index < -0.39 is 0 Å². The van der Waals surface area contributed by atoms with Gasteiger partial charge in [-0.3, -0.25) is 0 Å². The molecule has 14 heavy (non-hydrogen) atoms. The van der Waals surface area contributed by atoms with Crippen molar-refractivity contribution in [3.63, 3.8) is 0 Å². The minimum absolute atomic E-state index is 0. The Morgan fingerprint density at radius 2 is 2.07 bits per heavy atom. The van der Waals surface area contributed by atoms with Crippen LogP contribution in [0.1, 0.15) is 30.3 Å². The molecule has 0 aromatic carbocycles. The van der Waals surface area contributed by atoms with Gasteiger partial charge in [-0.1, -0.05) is 0 Å². The monoisotopic (exact) mass is 215 g/mol. The summed E-state index contributed by atoms with van der Waals surface area (Å²) < 4.78 is 2.11. The number of rotatable bonds is 1. The summed E-state index contributed by atoms with van der Waals surface area (Å²) >= 11 is 0. The van der Waals surface area contributed by atoms with Crippen molar-refractivity contribution in [3.8, 4) is 0 Å². The lowest BCUT2D eigenvalue weighted by atomic mass is 9.95. The van der Waals surface area contributed by atoms with E-state index in [0.717, 1.165) is 18.9 Å². The van der Waals surface area contributed by atoms with Crippen molar-refractivity contribution in [2.75, 3.05) is 13.1 Å². The lowest BCUT2D eigenvalue weighted by Crippen LogP contribution is -2.26. The summed E-state index contributed by atoms with van der Waals surface area (Å²) in [6, 6.07) is 0. The fraction of sp³-hybridized carbons (Fsp3) is 0.700. The molecule has 0 unspecified atom stereocenters. The Morgan fingerprint density at radius 3 is 2.57 bits per heavy atom. The molecule has 3 nitrogen and oxygen atoms in total. The van der Waals surface area contributed by atoms with Crippen LogP contribution in [0.3, 0.4) is 0 Å². The minimum Gasteiger partial charge on any atom is -0.338 e. The van der Waals surface area contributed by atoms with Crippen LogP contribution >= 0.6 is 12.4 Å². The molecule has 2 heterocycles. The van der Waals surface area contributed by atoms with Gasteiger partial charge in [0.15, 0.2) is 0 Å². The third-order valence-electron chi connectivity index (χ3n) is 2.88. The van der Waals surface area contributed by atoms with Crippen LogP contribution in [0.4, 0.5) is 0 Å². The Kier molecular flexibility index (Phi) is 3.96. The van der Waals surface area contributed by atoms with Crippen LogP contribution in [0, 0.1) is 6.92 Å². The second-order valence-corrected chi connectivity index (χ2v) is 3.85. The number of hydrogen-bond donors (Lipinski definition) is 1. The molecule has 0 atom stereocenters. The van der Waals surface area contributed by atoms with Crippen molar-refractivity contribution in [2.45, 2.75) is 25.7 Å². The van der Waals surface area contributed by atoms with E-state index in [-0.39, 0.29) is 12.4 Å².